The van der Waals surface area contributed by atoms with Crippen LogP contribution < -0.4 is 10.6 Å². The number of rotatable bonds is 4. The van der Waals surface area contributed by atoms with Crippen molar-refractivity contribution in [3.05, 3.63) is 35.6 Å². The number of hydrogen-bond donors (Lipinski definition) is 2. The largest absolute Gasteiger partial charge is 0.324 e. The Morgan fingerprint density at radius 3 is 2.79 bits per heavy atom. The van der Waals surface area contributed by atoms with Gasteiger partial charge in [0.25, 0.3) is 5.91 Å². The maximum absolute atomic E-state index is 12.0. The van der Waals surface area contributed by atoms with E-state index in [1.165, 1.54) is 17.5 Å². The Morgan fingerprint density at radius 1 is 1.26 bits per heavy atom. The van der Waals surface area contributed by atoms with Crippen molar-refractivity contribution in [3.8, 4) is 0 Å². The standard InChI is InChI=1S/C12H12N4O2S/c1-2-9(17)15-8-4-3-5-13-10(8)11(18)16-12-14-6-7-19-12/h3-7H,2H2,1H3,(H,15,17)(H,14,16,18). The van der Waals surface area contributed by atoms with Crippen LogP contribution in [0.1, 0.15) is 23.8 Å². The van der Waals surface area contributed by atoms with Crippen LogP contribution in [0.15, 0.2) is 29.9 Å². The summed E-state index contributed by atoms with van der Waals surface area (Å²) in [5.41, 5.74) is 0.558. The van der Waals surface area contributed by atoms with E-state index in [1.54, 1.807) is 30.6 Å². The van der Waals surface area contributed by atoms with E-state index in [1.807, 2.05) is 0 Å². The van der Waals surface area contributed by atoms with Gasteiger partial charge in [0.1, 0.15) is 0 Å². The molecule has 6 nitrogen and oxygen atoms in total. The van der Waals surface area contributed by atoms with Crippen LogP contribution in [0.4, 0.5) is 10.8 Å². The third kappa shape index (κ3) is 3.35. The lowest BCUT2D eigenvalue weighted by Crippen LogP contribution is -2.18. The molecule has 0 radical (unpaired) electrons. The first-order valence-electron chi connectivity index (χ1n) is 5.66. The normalized spacial score (nSPS) is 9.95. The van der Waals surface area contributed by atoms with Gasteiger partial charge in [0.15, 0.2) is 10.8 Å². The zero-order chi connectivity index (χ0) is 13.7. The molecule has 2 heterocycles. The summed E-state index contributed by atoms with van der Waals surface area (Å²) in [6.07, 6.45) is 3.43. The molecular weight excluding hydrogens is 264 g/mol. The Morgan fingerprint density at radius 2 is 2.11 bits per heavy atom. The zero-order valence-corrected chi connectivity index (χ0v) is 11.0. The number of aromatic nitrogens is 2. The summed E-state index contributed by atoms with van der Waals surface area (Å²) in [7, 11) is 0. The molecule has 2 N–H and O–H groups in total. The number of hydrogen-bond acceptors (Lipinski definition) is 5. The molecule has 0 aliphatic heterocycles. The number of carbonyl (C=O) groups is 2. The summed E-state index contributed by atoms with van der Waals surface area (Å²) < 4.78 is 0. The van der Waals surface area contributed by atoms with Crippen LogP contribution in [0, 0.1) is 0 Å². The minimum atomic E-state index is -0.401. The highest BCUT2D eigenvalue weighted by Crippen LogP contribution is 2.16. The second-order valence-electron chi connectivity index (χ2n) is 3.59. The van der Waals surface area contributed by atoms with Gasteiger partial charge in [0.2, 0.25) is 5.91 Å². The predicted molar refractivity (Wildman–Crippen MR) is 73.2 cm³/mol. The van der Waals surface area contributed by atoms with Crippen LogP contribution in [0.3, 0.4) is 0 Å². The molecule has 2 aromatic heterocycles. The fraction of sp³-hybridized carbons (Fsp3) is 0.167. The molecule has 0 bridgehead atoms. The molecule has 0 fully saturated rings. The van der Waals surface area contributed by atoms with Gasteiger partial charge >= 0.3 is 0 Å². The van der Waals surface area contributed by atoms with E-state index in [9.17, 15) is 9.59 Å². The fourth-order valence-electron chi connectivity index (χ4n) is 1.37. The summed E-state index contributed by atoms with van der Waals surface area (Å²) >= 11 is 1.31. The zero-order valence-electron chi connectivity index (χ0n) is 10.2. The van der Waals surface area contributed by atoms with E-state index in [0.717, 1.165) is 0 Å². The number of nitrogens with one attached hydrogen (secondary N) is 2. The van der Waals surface area contributed by atoms with E-state index in [-0.39, 0.29) is 11.6 Å². The molecule has 2 aromatic rings. The van der Waals surface area contributed by atoms with E-state index >= 15 is 0 Å². The van der Waals surface area contributed by atoms with Crippen molar-refractivity contribution < 1.29 is 9.59 Å². The third-order valence-electron chi connectivity index (χ3n) is 2.27. The van der Waals surface area contributed by atoms with Crippen molar-refractivity contribution in [1.29, 1.82) is 0 Å². The summed E-state index contributed by atoms with van der Waals surface area (Å²) in [5, 5.41) is 7.51. The second kappa shape index (κ2) is 6.05. The molecule has 0 aromatic carbocycles. The summed E-state index contributed by atoms with van der Waals surface area (Å²) in [6, 6.07) is 3.29. The molecule has 0 atom stereocenters. The van der Waals surface area contributed by atoms with Gasteiger partial charge in [0, 0.05) is 24.2 Å². The Hall–Kier alpha value is -2.28. The molecule has 0 saturated heterocycles. The van der Waals surface area contributed by atoms with Crippen LogP contribution in [0.2, 0.25) is 0 Å². The number of amides is 2. The van der Waals surface area contributed by atoms with Crippen molar-refractivity contribution in [1.82, 2.24) is 9.97 Å². The van der Waals surface area contributed by atoms with Crippen LogP contribution in [0.25, 0.3) is 0 Å². The number of pyridine rings is 1. The Labute approximate surface area is 113 Å². The average Bonchev–Trinajstić information content (AvgIpc) is 2.92. The number of thiazole rings is 1. The van der Waals surface area contributed by atoms with Crippen molar-refractivity contribution in [2.24, 2.45) is 0 Å². The van der Waals surface area contributed by atoms with Crippen LogP contribution in [0.5, 0.6) is 0 Å². The van der Waals surface area contributed by atoms with Crippen LogP contribution in [-0.2, 0) is 4.79 Å². The third-order valence-corrected chi connectivity index (χ3v) is 2.96. The Bertz CT molecular complexity index is 583. The first-order chi connectivity index (χ1) is 9.20. The molecule has 0 aliphatic carbocycles. The molecular formula is C12H12N4O2S. The predicted octanol–water partition coefficient (Wildman–Crippen LogP) is 2.14. The quantitative estimate of drug-likeness (QED) is 0.896. The first kappa shape index (κ1) is 13.2. The molecule has 19 heavy (non-hydrogen) atoms. The van der Waals surface area contributed by atoms with Gasteiger partial charge in [0.05, 0.1) is 5.69 Å². The lowest BCUT2D eigenvalue weighted by Gasteiger charge is -2.08. The highest BCUT2D eigenvalue weighted by molar-refractivity contribution is 7.13. The van der Waals surface area contributed by atoms with Crippen LogP contribution in [-0.4, -0.2) is 21.8 Å². The van der Waals surface area contributed by atoms with Gasteiger partial charge in [-0.15, -0.1) is 11.3 Å². The first-order valence-corrected chi connectivity index (χ1v) is 6.54. The molecule has 0 unspecified atom stereocenters. The van der Waals surface area contributed by atoms with Crippen molar-refractivity contribution >= 4 is 34.0 Å². The van der Waals surface area contributed by atoms with E-state index in [0.29, 0.717) is 17.2 Å². The summed E-state index contributed by atoms with van der Waals surface area (Å²) in [5.74, 6) is -0.571. The summed E-state index contributed by atoms with van der Waals surface area (Å²) in [6.45, 7) is 1.74. The van der Waals surface area contributed by atoms with Gasteiger partial charge in [-0.3, -0.25) is 14.9 Å². The van der Waals surface area contributed by atoms with Gasteiger partial charge in [-0.1, -0.05) is 6.92 Å². The molecule has 0 saturated carbocycles. The highest BCUT2D eigenvalue weighted by atomic mass is 32.1. The molecule has 2 rings (SSSR count). The van der Waals surface area contributed by atoms with E-state index in [2.05, 4.69) is 20.6 Å². The van der Waals surface area contributed by atoms with Crippen LogP contribution >= 0.6 is 11.3 Å². The highest BCUT2D eigenvalue weighted by Gasteiger charge is 2.15. The lowest BCUT2D eigenvalue weighted by atomic mass is 10.2. The monoisotopic (exact) mass is 276 g/mol. The SMILES string of the molecule is CCC(=O)Nc1cccnc1C(=O)Nc1nccs1. The molecule has 7 heteroatoms. The number of carbonyl (C=O) groups excluding carboxylic acids is 2. The van der Waals surface area contributed by atoms with Crippen molar-refractivity contribution in [2.45, 2.75) is 13.3 Å². The van der Waals surface area contributed by atoms with Gasteiger partial charge < -0.3 is 5.32 Å². The molecule has 0 spiro atoms. The van der Waals surface area contributed by atoms with Gasteiger partial charge in [-0.05, 0) is 12.1 Å². The molecule has 2 amide bonds. The van der Waals surface area contributed by atoms with E-state index < -0.39 is 5.91 Å². The maximum atomic E-state index is 12.0. The fourth-order valence-corrected chi connectivity index (χ4v) is 1.89. The minimum absolute atomic E-state index is 0.166. The maximum Gasteiger partial charge on any atom is 0.278 e. The number of anilines is 2. The number of nitrogens with zero attached hydrogens (tertiary/aromatic N) is 2. The lowest BCUT2D eigenvalue weighted by molar-refractivity contribution is -0.115. The Kier molecular flexibility index (Phi) is 4.19. The Balaban J connectivity index is 2.19. The topological polar surface area (TPSA) is 84.0 Å². The summed E-state index contributed by atoms with van der Waals surface area (Å²) in [4.78, 5) is 31.4. The molecule has 0 aliphatic rings. The van der Waals surface area contributed by atoms with Gasteiger partial charge in [-0.2, -0.15) is 0 Å². The van der Waals surface area contributed by atoms with Gasteiger partial charge in [-0.25, -0.2) is 9.97 Å². The van der Waals surface area contributed by atoms with Crippen molar-refractivity contribution in [2.75, 3.05) is 10.6 Å². The van der Waals surface area contributed by atoms with E-state index in [4.69, 9.17) is 0 Å². The average molecular weight is 276 g/mol. The molecule has 98 valence electrons. The minimum Gasteiger partial charge on any atom is -0.324 e. The second-order valence-corrected chi connectivity index (χ2v) is 4.49. The van der Waals surface area contributed by atoms with Crippen molar-refractivity contribution in [3.63, 3.8) is 0 Å². The smallest absolute Gasteiger partial charge is 0.278 e.